The maximum atomic E-state index is 11.0. The third kappa shape index (κ3) is 7.99. The van der Waals surface area contributed by atoms with E-state index in [2.05, 4.69) is 5.32 Å². The van der Waals surface area contributed by atoms with Gasteiger partial charge in [0.2, 0.25) is 5.91 Å². The van der Waals surface area contributed by atoms with Crippen LogP contribution in [0.1, 0.15) is 26.7 Å². The third-order valence-corrected chi connectivity index (χ3v) is 2.51. The predicted molar refractivity (Wildman–Crippen MR) is 57.6 cm³/mol. The Morgan fingerprint density at radius 1 is 1.40 bits per heavy atom. The highest BCUT2D eigenvalue weighted by atomic mass is 32.2. The summed E-state index contributed by atoms with van der Waals surface area (Å²) in [6.07, 6.45) is -0.0722. The Morgan fingerprint density at radius 3 is 2.47 bits per heavy atom. The quantitative estimate of drug-likeness (QED) is 0.658. The Kier molecular flexibility index (Phi) is 6.77. The summed E-state index contributed by atoms with van der Waals surface area (Å²) in [6.45, 7) is 3.88. The monoisotopic (exact) mass is 233 g/mol. The molecule has 86 valence electrons. The third-order valence-electron chi connectivity index (χ3n) is 1.54. The highest BCUT2D eigenvalue weighted by Crippen LogP contribution is 2.12. The van der Waals surface area contributed by atoms with Crippen molar-refractivity contribution in [3.05, 3.63) is 0 Å². The number of aliphatic carboxylic acids is 1. The van der Waals surface area contributed by atoms with E-state index in [4.69, 9.17) is 5.11 Å². The molecule has 0 aromatic heterocycles. The lowest BCUT2D eigenvalue weighted by atomic mass is 10.4. The Hall–Kier alpha value is -1.04. The van der Waals surface area contributed by atoms with Crippen LogP contribution in [0.4, 0.5) is 0 Å². The number of hydrogen-bond acceptors (Lipinski definition) is 4. The van der Waals surface area contributed by atoms with E-state index in [0.29, 0.717) is 13.0 Å². The standard InChI is InChI=1S/C9H15NO4S/c1-3-7(11)10-5-6(2)15-9(14)4-8(12)13/h6H,3-5H2,1-2H3,(H,10,11)(H,12,13). The molecule has 0 aliphatic rings. The molecule has 0 bridgehead atoms. The van der Waals surface area contributed by atoms with Gasteiger partial charge in [0.05, 0.1) is 0 Å². The van der Waals surface area contributed by atoms with Gasteiger partial charge in [0.25, 0.3) is 0 Å². The molecule has 2 N–H and O–H groups in total. The molecule has 6 heteroatoms. The summed E-state index contributed by atoms with van der Waals surface area (Å²) in [5.74, 6) is -1.20. The zero-order valence-electron chi connectivity index (χ0n) is 8.78. The number of carbonyl (C=O) groups excluding carboxylic acids is 2. The zero-order valence-corrected chi connectivity index (χ0v) is 9.60. The zero-order chi connectivity index (χ0) is 11.8. The number of carboxylic acid groups (broad SMARTS) is 1. The second-order valence-electron chi connectivity index (χ2n) is 3.03. The number of nitrogens with one attached hydrogen (secondary N) is 1. The minimum atomic E-state index is -1.13. The van der Waals surface area contributed by atoms with E-state index in [1.54, 1.807) is 13.8 Å². The van der Waals surface area contributed by atoms with E-state index in [0.717, 1.165) is 11.8 Å². The molecule has 0 radical (unpaired) electrons. The van der Waals surface area contributed by atoms with Gasteiger partial charge in [0, 0.05) is 18.2 Å². The lowest BCUT2D eigenvalue weighted by Crippen LogP contribution is -2.29. The van der Waals surface area contributed by atoms with Crippen LogP contribution in [-0.2, 0) is 14.4 Å². The van der Waals surface area contributed by atoms with E-state index in [1.807, 2.05) is 0 Å². The molecule has 1 atom stereocenters. The second-order valence-corrected chi connectivity index (χ2v) is 4.52. The SMILES string of the molecule is CCC(=O)NCC(C)SC(=O)CC(=O)O. The Bertz CT molecular complexity index is 254. The second kappa shape index (κ2) is 7.28. The molecule has 15 heavy (non-hydrogen) atoms. The molecule has 5 nitrogen and oxygen atoms in total. The normalized spacial score (nSPS) is 11.9. The van der Waals surface area contributed by atoms with E-state index >= 15 is 0 Å². The average molecular weight is 233 g/mol. The molecular formula is C9H15NO4S. The van der Waals surface area contributed by atoms with Crippen molar-refractivity contribution in [1.29, 1.82) is 0 Å². The molecule has 0 aliphatic carbocycles. The van der Waals surface area contributed by atoms with E-state index in [-0.39, 0.29) is 16.3 Å². The van der Waals surface area contributed by atoms with E-state index in [1.165, 1.54) is 0 Å². The number of thioether (sulfide) groups is 1. The van der Waals surface area contributed by atoms with Crippen molar-refractivity contribution in [2.24, 2.45) is 0 Å². The van der Waals surface area contributed by atoms with Gasteiger partial charge in [-0.3, -0.25) is 14.4 Å². The van der Waals surface area contributed by atoms with Gasteiger partial charge in [-0.2, -0.15) is 0 Å². The van der Waals surface area contributed by atoms with Crippen LogP contribution in [0, 0.1) is 0 Å². The first-order chi connectivity index (χ1) is 6.95. The molecule has 0 aromatic rings. The van der Waals surface area contributed by atoms with Gasteiger partial charge in [0.1, 0.15) is 6.42 Å². The number of carboxylic acids is 1. The van der Waals surface area contributed by atoms with Gasteiger partial charge in [-0.15, -0.1) is 0 Å². The fraction of sp³-hybridized carbons (Fsp3) is 0.667. The summed E-state index contributed by atoms with van der Waals surface area (Å²) >= 11 is 0.946. The van der Waals surface area contributed by atoms with Crippen LogP contribution in [0.5, 0.6) is 0 Å². The van der Waals surface area contributed by atoms with Crippen LogP contribution in [0.15, 0.2) is 0 Å². The number of hydrogen-bond donors (Lipinski definition) is 2. The van der Waals surface area contributed by atoms with Crippen LogP contribution >= 0.6 is 11.8 Å². The van der Waals surface area contributed by atoms with Crippen molar-refractivity contribution in [1.82, 2.24) is 5.32 Å². The average Bonchev–Trinajstić information content (AvgIpc) is 2.12. The van der Waals surface area contributed by atoms with Crippen LogP contribution in [0.3, 0.4) is 0 Å². The number of amides is 1. The van der Waals surface area contributed by atoms with Crippen molar-refractivity contribution < 1.29 is 19.5 Å². The molecule has 0 spiro atoms. The fourth-order valence-electron chi connectivity index (χ4n) is 0.814. The first-order valence-electron chi connectivity index (χ1n) is 4.63. The Balaban J connectivity index is 3.73. The van der Waals surface area contributed by atoms with Crippen molar-refractivity contribution in [2.75, 3.05) is 6.54 Å². The summed E-state index contributed by atoms with van der Waals surface area (Å²) in [7, 11) is 0. The summed E-state index contributed by atoms with van der Waals surface area (Å²) in [6, 6.07) is 0. The van der Waals surface area contributed by atoms with Gasteiger partial charge >= 0.3 is 5.97 Å². The van der Waals surface area contributed by atoms with Gasteiger partial charge in [-0.25, -0.2) is 0 Å². The van der Waals surface area contributed by atoms with E-state index in [9.17, 15) is 14.4 Å². The maximum absolute atomic E-state index is 11.0. The van der Waals surface area contributed by atoms with Crippen molar-refractivity contribution in [2.45, 2.75) is 31.9 Å². The van der Waals surface area contributed by atoms with Crippen molar-refractivity contribution >= 4 is 28.8 Å². The molecule has 0 saturated carbocycles. The summed E-state index contributed by atoms with van der Waals surface area (Å²) in [5.41, 5.74) is 0. The first-order valence-corrected chi connectivity index (χ1v) is 5.51. The lowest BCUT2D eigenvalue weighted by Gasteiger charge is -2.10. The van der Waals surface area contributed by atoms with Crippen LogP contribution in [0.2, 0.25) is 0 Å². The van der Waals surface area contributed by atoms with Gasteiger partial charge in [-0.1, -0.05) is 25.6 Å². The van der Waals surface area contributed by atoms with Crippen molar-refractivity contribution in [3.8, 4) is 0 Å². The maximum Gasteiger partial charge on any atom is 0.311 e. The minimum absolute atomic E-state index is 0.0758. The molecule has 0 heterocycles. The van der Waals surface area contributed by atoms with Gasteiger partial charge in [-0.05, 0) is 0 Å². The molecule has 0 rings (SSSR count). The molecule has 0 saturated heterocycles. The first kappa shape index (κ1) is 14.0. The highest BCUT2D eigenvalue weighted by molar-refractivity contribution is 8.14. The van der Waals surface area contributed by atoms with Crippen LogP contribution < -0.4 is 5.32 Å². The van der Waals surface area contributed by atoms with Crippen LogP contribution in [0.25, 0.3) is 0 Å². The summed E-state index contributed by atoms with van der Waals surface area (Å²) < 4.78 is 0. The smallest absolute Gasteiger partial charge is 0.311 e. The largest absolute Gasteiger partial charge is 0.481 e. The highest BCUT2D eigenvalue weighted by Gasteiger charge is 2.13. The van der Waals surface area contributed by atoms with Crippen molar-refractivity contribution in [3.63, 3.8) is 0 Å². The van der Waals surface area contributed by atoms with Gasteiger partial charge in [0.15, 0.2) is 5.12 Å². The summed E-state index contributed by atoms with van der Waals surface area (Å²) in [5, 5.41) is 10.5. The molecule has 0 fully saturated rings. The fourth-order valence-corrected chi connectivity index (χ4v) is 1.64. The predicted octanol–water partition coefficient (Wildman–Crippen LogP) is 0.636. The van der Waals surface area contributed by atoms with E-state index < -0.39 is 12.4 Å². The molecule has 1 unspecified atom stereocenters. The van der Waals surface area contributed by atoms with Gasteiger partial charge < -0.3 is 10.4 Å². The Labute approximate surface area is 92.6 Å². The summed E-state index contributed by atoms with van der Waals surface area (Å²) in [4.78, 5) is 32.1. The van der Waals surface area contributed by atoms with Crippen LogP contribution in [-0.4, -0.2) is 33.9 Å². The molecular weight excluding hydrogens is 218 g/mol. The minimum Gasteiger partial charge on any atom is -0.481 e. The lowest BCUT2D eigenvalue weighted by molar-refractivity contribution is -0.138. The molecule has 0 aliphatic heterocycles. The topological polar surface area (TPSA) is 83.5 Å². The number of rotatable bonds is 6. The number of carbonyl (C=O) groups is 3. The molecule has 0 aromatic carbocycles. The molecule has 1 amide bonds. The Morgan fingerprint density at radius 2 is 2.00 bits per heavy atom.